The topological polar surface area (TPSA) is 638 Å². The molecule has 0 saturated carbocycles. The van der Waals surface area contributed by atoms with E-state index in [2.05, 4.69) is 93.7 Å². The van der Waals surface area contributed by atoms with Gasteiger partial charge in [0, 0.05) is 147 Å². The van der Waals surface area contributed by atoms with Crippen molar-refractivity contribution in [3.05, 3.63) is 276 Å². The van der Waals surface area contributed by atoms with Crippen LogP contribution in [0.5, 0.6) is 0 Å². The molecule has 1 aliphatic carbocycles. The molecule has 14 aromatic rings. The highest BCUT2D eigenvalue weighted by molar-refractivity contribution is 6.02. The number of para-hydroxylation sites is 6. The number of aromatic nitrogens is 6. The maximum atomic E-state index is 15.7. The highest BCUT2D eigenvalue weighted by Crippen LogP contribution is 2.45. The number of carboxylic acids is 1. The van der Waals surface area contributed by atoms with E-state index >= 15 is 38.4 Å². The molecule has 6 heterocycles. The minimum absolute atomic E-state index is 0.00461. The molecule has 0 fully saturated rings. The van der Waals surface area contributed by atoms with Crippen LogP contribution in [0.1, 0.15) is 134 Å². The first-order valence-electron chi connectivity index (χ1n) is 50.8. The van der Waals surface area contributed by atoms with Crippen molar-refractivity contribution in [1.82, 2.24) is 93.7 Å². The van der Waals surface area contributed by atoms with E-state index in [0.29, 0.717) is 116 Å². The molecular weight excluding hydrogens is 1910 g/mol. The molecule has 6 aromatic heterocycles. The van der Waals surface area contributed by atoms with E-state index in [1.165, 1.54) is 0 Å². The number of nitrogens with one attached hydrogen (secondary N) is 18. The molecule has 0 saturated heterocycles. The van der Waals surface area contributed by atoms with Gasteiger partial charge in [0.05, 0.1) is 13.0 Å². The molecule has 8 aromatic carbocycles. The number of hydrogen-bond acceptors (Lipinski definition) is 19. The lowest BCUT2D eigenvalue weighted by atomic mass is 9.98. The molecule has 0 spiro atoms. The average molecular weight is 2040 g/mol. The third-order valence-electron chi connectivity index (χ3n) is 27.5. The van der Waals surface area contributed by atoms with Gasteiger partial charge in [0.25, 0.3) is 0 Å². The van der Waals surface area contributed by atoms with Gasteiger partial charge in [0.15, 0.2) is 0 Å². The van der Waals surface area contributed by atoms with E-state index in [4.69, 9.17) is 33.4 Å². The first-order valence-corrected chi connectivity index (χ1v) is 50.8. The average Bonchev–Trinajstić information content (AvgIpc) is 1.61. The van der Waals surface area contributed by atoms with E-state index in [-0.39, 0.29) is 116 Å². The Hall–Kier alpha value is -16.8. The summed E-state index contributed by atoms with van der Waals surface area (Å²) in [6, 6.07) is 42.7. The predicted molar refractivity (Wildman–Crippen MR) is 569 cm³/mol. The first-order chi connectivity index (χ1) is 72.8. The molecule has 15 rings (SSSR count). The monoisotopic (exact) mass is 2040 g/mol. The summed E-state index contributed by atoms with van der Waals surface area (Å²) in [5.74, 6) is -12.7. The van der Waals surface area contributed by atoms with Gasteiger partial charge in [0.2, 0.25) is 70.9 Å². The minimum atomic E-state index is -1.86. The Morgan fingerprint density at radius 3 is 0.807 bits per heavy atom. The van der Waals surface area contributed by atoms with Crippen LogP contribution < -0.4 is 92.5 Å². The SMILES string of the molecule is NCCCC[C@@H](NC(=O)[C@@H](Cc1c[nH]c2ccccc12)NC(=O)[C@@H](CCCCN)NC(=O)[C@@H](Cc1c[nH]c2ccccc12)NC(=O)CNC(=O)[C@H](CC(N)=O)NC(=O)[C@@H](Cc1c[nH]c2ccccc12)NC(=O)[C@@H](CCCCN)NC(=O)[C@@H](Cc1c[nH]c2ccccc12)NC(=O)[C@@H](CCCCN)NC(=O)[C@@H](Cc1c[nH]c2ccccc12)NC(=O)OCC1c2ccccc2-c2ccccc21)C(=O)N[C@H](Cc1c[nH]c2ccccc12)C(=O)O. The molecule has 29 N–H and O–H groups in total. The van der Waals surface area contributed by atoms with Gasteiger partial charge in [-0.3, -0.25) is 57.5 Å². The van der Waals surface area contributed by atoms with Crippen LogP contribution in [0.3, 0.4) is 0 Å². The van der Waals surface area contributed by atoms with Gasteiger partial charge in [-0.25, -0.2) is 9.59 Å². The summed E-state index contributed by atoms with van der Waals surface area (Å²) in [4.78, 5) is 227. The van der Waals surface area contributed by atoms with Gasteiger partial charge < -0.3 is 132 Å². The van der Waals surface area contributed by atoms with Crippen molar-refractivity contribution in [2.45, 2.75) is 194 Å². The van der Waals surface area contributed by atoms with Gasteiger partial charge in [-0.2, -0.15) is 0 Å². The summed E-state index contributed by atoms with van der Waals surface area (Å²) in [5.41, 5.74) is 41.6. The molecule has 0 bridgehead atoms. The Labute approximate surface area is 863 Å². The molecule has 150 heavy (non-hydrogen) atoms. The molecule has 11 atom stereocenters. The van der Waals surface area contributed by atoms with Crippen LogP contribution in [-0.4, -0.2) is 224 Å². The number of primary amides is 1. The number of H-pyrrole nitrogens is 6. The molecule has 784 valence electrons. The fourth-order valence-electron chi connectivity index (χ4n) is 19.6. The number of carboxylic acid groups (broad SMARTS) is 1. The highest BCUT2D eigenvalue weighted by atomic mass is 16.5. The molecule has 39 nitrogen and oxygen atoms in total. The number of aliphatic carboxylic acids is 1. The van der Waals surface area contributed by atoms with Crippen LogP contribution in [0.4, 0.5) is 4.79 Å². The van der Waals surface area contributed by atoms with Gasteiger partial charge in [-0.05, 0) is 195 Å². The van der Waals surface area contributed by atoms with Crippen molar-refractivity contribution in [2.75, 3.05) is 39.3 Å². The Balaban J connectivity index is 0.653. The number of ether oxygens (including phenoxy) is 1. The first kappa shape index (κ1) is 107. The van der Waals surface area contributed by atoms with Gasteiger partial charge in [-0.15, -0.1) is 0 Å². The molecule has 39 heteroatoms. The number of aromatic amines is 6. The number of nitrogens with two attached hydrogens (primary N) is 5. The Morgan fingerprint density at radius 1 is 0.280 bits per heavy atom. The fourth-order valence-corrected chi connectivity index (χ4v) is 19.6. The van der Waals surface area contributed by atoms with Crippen LogP contribution in [0.15, 0.2) is 231 Å². The zero-order chi connectivity index (χ0) is 106. The van der Waals surface area contributed by atoms with Crippen LogP contribution in [0.25, 0.3) is 76.5 Å². The van der Waals surface area contributed by atoms with Crippen molar-refractivity contribution in [3.8, 4) is 11.1 Å². The Kier molecular flexibility index (Phi) is 37.3. The zero-order valence-corrected chi connectivity index (χ0v) is 83.0. The predicted octanol–water partition coefficient (Wildman–Crippen LogP) is 6.68. The summed E-state index contributed by atoms with van der Waals surface area (Å²) in [6.45, 7) is -0.177. The van der Waals surface area contributed by atoms with Crippen molar-refractivity contribution in [3.63, 3.8) is 0 Å². The van der Waals surface area contributed by atoms with Crippen molar-refractivity contribution < 1.29 is 77.0 Å². The number of hydrogen-bond donors (Lipinski definition) is 24. The molecular formula is C111H129N23O16. The second kappa shape index (κ2) is 52.0. The number of rotatable bonds is 56. The number of alkyl carbamates (subject to hydrolysis) is 1. The van der Waals surface area contributed by atoms with E-state index in [1.807, 2.05) is 127 Å². The maximum absolute atomic E-state index is 15.7. The number of unbranched alkanes of at least 4 members (excludes halogenated alkanes) is 4. The number of carbonyl (C=O) groups excluding carboxylic acids is 13. The number of benzene rings is 8. The maximum Gasteiger partial charge on any atom is 0.407 e. The van der Waals surface area contributed by atoms with Crippen molar-refractivity contribution in [2.24, 2.45) is 28.7 Å². The second-order valence-corrected chi connectivity index (χ2v) is 37.9. The smallest absolute Gasteiger partial charge is 0.407 e. The van der Waals surface area contributed by atoms with Crippen LogP contribution >= 0.6 is 0 Å². The van der Waals surface area contributed by atoms with Gasteiger partial charge in [-0.1, -0.05) is 158 Å². The Bertz CT molecular complexity index is 7110. The number of carbonyl (C=O) groups is 14. The number of fused-ring (bicyclic) bond motifs is 9. The lowest BCUT2D eigenvalue weighted by molar-refractivity contribution is -0.142. The quantitative estimate of drug-likeness (QED) is 0.0177. The van der Waals surface area contributed by atoms with Gasteiger partial charge >= 0.3 is 12.1 Å². The standard InChI is InChI=1S/C111H129N23O16/c112-45-21-17-41-87(101(138)129-93(51-66-58-119-83-37-13-7-27-72(66)83)107(144)127-90(44-20-24-48-115)104(141)133-97(110(147)148)54-69-61-122-86-40-16-10-30-75(69)86)125-105(142)91(49-64-56-117-81-35-11-5-25-70(64)81)124-99(136)62-123-100(137)96(55-98(116)135)132-108(145)94(52-67-59-120-84-38-14-8-28-73(67)84)131-102(139)88(42-18-22-46-113)126-106(143)92(50-65-57-118-82-36-12-6-26-71(65)82)130-103(140)89(43-19-23-47-114)128-109(146)95(53-68-60-121-85-39-15-9-29-74(68)85)134-111(149)150-63-80-78-33-3-1-31-76(78)77-32-2-4-34-79(77)80/h1-16,25-40,56-61,80,87-97,117-122H,17-24,41-55,62-63,112-115H2,(H2,116,135)(H,123,137)(H,124,136)(H,125,142)(H,126,143)(H,127,144)(H,128,146)(H,129,138)(H,130,140)(H,131,139)(H,132,145)(H,133,141)(H,134,149)(H,147,148)/t87-,88-,89-,90-,91-,92-,93-,94-,95-,96+,97-/m1/s1. The van der Waals surface area contributed by atoms with Crippen molar-refractivity contribution in [1.29, 1.82) is 0 Å². The Morgan fingerprint density at radius 2 is 0.520 bits per heavy atom. The largest absolute Gasteiger partial charge is 0.480 e. The summed E-state index contributed by atoms with van der Waals surface area (Å²) in [5, 5.41) is 48.0. The molecule has 13 amide bonds. The van der Waals surface area contributed by atoms with E-state index < -0.39 is 162 Å². The summed E-state index contributed by atoms with van der Waals surface area (Å²) >= 11 is 0. The number of amides is 13. The molecule has 0 aliphatic heterocycles. The fraction of sp³-hybridized carbons (Fsp3) is 0.333. The highest BCUT2D eigenvalue weighted by Gasteiger charge is 2.40. The summed E-state index contributed by atoms with van der Waals surface area (Å²) in [7, 11) is 0. The van der Waals surface area contributed by atoms with E-state index in [1.54, 1.807) is 104 Å². The molecule has 1 aliphatic rings. The van der Waals surface area contributed by atoms with Crippen LogP contribution in [-0.2, 0) is 106 Å². The normalized spacial score (nSPS) is 14.0. The minimum Gasteiger partial charge on any atom is -0.480 e. The van der Waals surface area contributed by atoms with E-state index in [0.717, 1.165) is 44.1 Å². The van der Waals surface area contributed by atoms with Crippen molar-refractivity contribution >= 4 is 148 Å². The van der Waals surface area contributed by atoms with E-state index in [9.17, 15) is 33.9 Å². The summed E-state index contributed by atoms with van der Waals surface area (Å²) < 4.78 is 6.01. The second-order valence-electron chi connectivity index (χ2n) is 37.9. The zero-order valence-electron chi connectivity index (χ0n) is 83.0. The third kappa shape index (κ3) is 27.7. The van der Waals surface area contributed by atoms with Crippen LogP contribution in [0, 0.1) is 0 Å². The third-order valence-corrected chi connectivity index (χ3v) is 27.5. The van der Waals surface area contributed by atoms with Gasteiger partial charge in [0.1, 0.15) is 73.1 Å². The summed E-state index contributed by atoms with van der Waals surface area (Å²) in [6.07, 6.45) is 9.75. The molecule has 0 unspecified atom stereocenters. The lowest BCUT2D eigenvalue weighted by Gasteiger charge is -2.28. The lowest BCUT2D eigenvalue weighted by Crippen LogP contribution is -2.60. The van der Waals surface area contributed by atoms with Crippen LogP contribution in [0.2, 0.25) is 0 Å². The molecule has 0 radical (unpaired) electrons.